The summed E-state index contributed by atoms with van der Waals surface area (Å²) in [5.41, 5.74) is -0.436. The fourth-order valence-electron chi connectivity index (χ4n) is 2.55. The highest BCUT2D eigenvalue weighted by Crippen LogP contribution is 2.38. The highest BCUT2D eigenvalue weighted by Gasteiger charge is 2.40. The average molecular weight is 259 g/mol. The predicted octanol–water partition coefficient (Wildman–Crippen LogP) is 1.79. The zero-order valence-corrected chi connectivity index (χ0v) is 11.8. The van der Waals surface area contributed by atoms with E-state index in [1.807, 2.05) is 25.6 Å². The van der Waals surface area contributed by atoms with Gasteiger partial charge in [0.25, 0.3) is 0 Å². The summed E-state index contributed by atoms with van der Waals surface area (Å²) in [4.78, 5) is 0. The molecule has 1 spiro atoms. The summed E-state index contributed by atoms with van der Waals surface area (Å²) in [6.45, 7) is 5.49. The number of aliphatic hydroxyl groups is 1. The van der Waals surface area contributed by atoms with Gasteiger partial charge in [-0.05, 0) is 38.4 Å². The van der Waals surface area contributed by atoms with Crippen molar-refractivity contribution < 1.29 is 9.84 Å². The number of thioether (sulfide) groups is 1. The van der Waals surface area contributed by atoms with E-state index in [9.17, 15) is 5.11 Å². The number of nitrogens with one attached hydrogen (secondary N) is 1. The van der Waals surface area contributed by atoms with Crippen molar-refractivity contribution in [3.05, 3.63) is 0 Å². The van der Waals surface area contributed by atoms with E-state index in [1.54, 1.807) is 0 Å². The van der Waals surface area contributed by atoms with Gasteiger partial charge in [0.05, 0.1) is 11.2 Å². The second-order valence-corrected chi connectivity index (χ2v) is 6.86. The third kappa shape index (κ3) is 3.60. The van der Waals surface area contributed by atoms with Crippen molar-refractivity contribution in [2.45, 2.75) is 56.8 Å². The van der Waals surface area contributed by atoms with Gasteiger partial charge >= 0.3 is 0 Å². The summed E-state index contributed by atoms with van der Waals surface area (Å²) >= 11 is 2.01. The van der Waals surface area contributed by atoms with Crippen LogP contribution in [0.25, 0.3) is 0 Å². The molecule has 0 aliphatic carbocycles. The van der Waals surface area contributed by atoms with E-state index in [2.05, 4.69) is 5.32 Å². The van der Waals surface area contributed by atoms with E-state index in [1.165, 1.54) is 12.2 Å². The van der Waals surface area contributed by atoms with Crippen LogP contribution in [0.3, 0.4) is 0 Å². The summed E-state index contributed by atoms with van der Waals surface area (Å²) in [6, 6.07) is 0.514. The molecule has 0 radical (unpaired) electrons. The maximum absolute atomic E-state index is 10.0. The molecule has 2 aliphatic rings. The summed E-state index contributed by atoms with van der Waals surface area (Å²) in [7, 11) is 0. The third-order valence-corrected chi connectivity index (χ3v) is 5.32. The van der Waals surface area contributed by atoms with Gasteiger partial charge in [0.2, 0.25) is 0 Å². The second-order valence-electron chi connectivity index (χ2n) is 5.76. The monoisotopic (exact) mass is 259 g/mol. The van der Waals surface area contributed by atoms with Gasteiger partial charge in [-0.2, -0.15) is 11.8 Å². The van der Waals surface area contributed by atoms with Gasteiger partial charge in [-0.15, -0.1) is 0 Å². The van der Waals surface area contributed by atoms with Crippen LogP contribution in [0.1, 0.15) is 39.5 Å². The first-order valence-electron chi connectivity index (χ1n) is 6.73. The molecule has 17 heavy (non-hydrogen) atoms. The zero-order valence-electron chi connectivity index (χ0n) is 11.0. The molecular weight excluding hydrogens is 234 g/mol. The molecule has 2 N–H and O–H groups in total. The van der Waals surface area contributed by atoms with Crippen LogP contribution in [0.15, 0.2) is 0 Å². The van der Waals surface area contributed by atoms with Crippen LogP contribution in [0.2, 0.25) is 0 Å². The van der Waals surface area contributed by atoms with Gasteiger partial charge in [-0.25, -0.2) is 0 Å². The molecule has 2 saturated heterocycles. The van der Waals surface area contributed by atoms with Crippen LogP contribution < -0.4 is 5.32 Å². The molecule has 3 unspecified atom stereocenters. The molecule has 3 nitrogen and oxygen atoms in total. The third-order valence-electron chi connectivity index (χ3n) is 4.09. The van der Waals surface area contributed by atoms with Crippen LogP contribution >= 0.6 is 11.8 Å². The lowest BCUT2D eigenvalue weighted by molar-refractivity contribution is -0.0727. The quantitative estimate of drug-likeness (QED) is 0.808. The Balaban J connectivity index is 1.81. The lowest BCUT2D eigenvalue weighted by Gasteiger charge is -2.39. The maximum Gasteiger partial charge on any atom is 0.0795 e. The minimum Gasteiger partial charge on any atom is -0.389 e. The highest BCUT2D eigenvalue weighted by atomic mass is 32.2. The zero-order chi connectivity index (χ0) is 12.4. The van der Waals surface area contributed by atoms with Crippen LogP contribution in [0.4, 0.5) is 0 Å². The summed E-state index contributed by atoms with van der Waals surface area (Å²) < 4.78 is 5.99. The normalized spacial score (nSPS) is 37.2. The minimum atomic E-state index is -0.574. The van der Waals surface area contributed by atoms with E-state index < -0.39 is 5.60 Å². The summed E-state index contributed by atoms with van der Waals surface area (Å²) in [5, 5.41) is 13.5. The van der Waals surface area contributed by atoms with Crippen molar-refractivity contribution in [2.75, 3.05) is 24.7 Å². The topological polar surface area (TPSA) is 41.5 Å². The van der Waals surface area contributed by atoms with Crippen LogP contribution in [0.5, 0.6) is 0 Å². The second kappa shape index (κ2) is 5.47. The Morgan fingerprint density at radius 1 is 1.59 bits per heavy atom. The van der Waals surface area contributed by atoms with E-state index in [-0.39, 0.29) is 5.60 Å². The van der Waals surface area contributed by atoms with Crippen molar-refractivity contribution in [1.29, 1.82) is 0 Å². The Hall–Kier alpha value is 0.230. The lowest BCUT2D eigenvalue weighted by atomic mass is 9.89. The molecule has 4 heteroatoms. The van der Waals surface area contributed by atoms with Crippen LogP contribution in [0, 0.1) is 0 Å². The average Bonchev–Trinajstić information content (AvgIpc) is 2.75. The van der Waals surface area contributed by atoms with E-state index in [0.29, 0.717) is 12.6 Å². The molecular formula is C13H25NO2S. The van der Waals surface area contributed by atoms with Crippen LogP contribution in [-0.2, 0) is 4.74 Å². The molecule has 2 rings (SSSR count). The Labute approximate surface area is 109 Å². The van der Waals surface area contributed by atoms with Gasteiger partial charge in [0.1, 0.15) is 0 Å². The van der Waals surface area contributed by atoms with Gasteiger partial charge in [-0.1, -0.05) is 6.92 Å². The number of ether oxygens (including phenoxy) is 1. The molecule has 3 atom stereocenters. The van der Waals surface area contributed by atoms with Gasteiger partial charge < -0.3 is 15.2 Å². The molecule has 100 valence electrons. The molecule has 0 aromatic rings. The number of rotatable bonds is 4. The van der Waals surface area contributed by atoms with E-state index >= 15 is 0 Å². The van der Waals surface area contributed by atoms with Gasteiger partial charge in [0, 0.05) is 24.9 Å². The largest absolute Gasteiger partial charge is 0.389 e. The van der Waals surface area contributed by atoms with Gasteiger partial charge in [-0.3, -0.25) is 0 Å². The SMILES string of the molecule is CCC(C)(O)CNC1CCOC2(CCSC2)C1. The Kier molecular flexibility index (Phi) is 4.40. The fraction of sp³-hybridized carbons (Fsp3) is 1.00. The maximum atomic E-state index is 10.0. The van der Waals surface area contributed by atoms with Crippen molar-refractivity contribution in [3.8, 4) is 0 Å². The Bertz CT molecular complexity index is 252. The van der Waals surface area contributed by atoms with Crippen molar-refractivity contribution >= 4 is 11.8 Å². The summed E-state index contributed by atoms with van der Waals surface area (Å²) in [6.07, 6.45) is 4.18. The molecule has 0 bridgehead atoms. The smallest absolute Gasteiger partial charge is 0.0795 e. The molecule has 0 saturated carbocycles. The molecule has 0 aromatic carbocycles. The Morgan fingerprint density at radius 2 is 2.41 bits per heavy atom. The van der Waals surface area contributed by atoms with Crippen LogP contribution in [-0.4, -0.2) is 47.0 Å². The first kappa shape index (κ1) is 13.7. The van der Waals surface area contributed by atoms with E-state index in [0.717, 1.165) is 31.6 Å². The Morgan fingerprint density at radius 3 is 3.06 bits per heavy atom. The van der Waals surface area contributed by atoms with Crippen molar-refractivity contribution in [1.82, 2.24) is 5.32 Å². The molecule has 2 aliphatic heterocycles. The minimum absolute atomic E-state index is 0.138. The predicted molar refractivity (Wildman–Crippen MR) is 72.6 cm³/mol. The first-order valence-corrected chi connectivity index (χ1v) is 7.88. The van der Waals surface area contributed by atoms with Crippen molar-refractivity contribution in [3.63, 3.8) is 0 Å². The highest BCUT2D eigenvalue weighted by molar-refractivity contribution is 7.99. The van der Waals surface area contributed by atoms with Crippen molar-refractivity contribution in [2.24, 2.45) is 0 Å². The fourth-order valence-corrected chi connectivity index (χ4v) is 3.93. The lowest BCUT2D eigenvalue weighted by Crippen LogP contribution is -2.50. The van der Waals surface area contributed by atoms with Gasteiger partial charge in [0.15, 0.2) is 0 Å². The van der Waals surface area contributed by atoms with E-state index in [4.69, 9.17) is 4.74 Å². The molecule has 0 aromatic heterocycles. The first-order chi connectivity index (χ1) is 8.05. The number of hydrogen-bond acceptors (Lipinski definition) is 4. The summed E-state index contributed by atoms with van der Waals surface area (Å²) in [5.74, 6) is 2.38. The molecule has 0 amide bonds. The standard InChI is InChI=1S/C13H25NO2S/c1-3-12(2,15)9-14-11-4-6-16-13(8-11)5-7-17-10-13/h11,14-15H,3-10H2,1-2H3. The molecule has 2 fully saturated rings. The molecule has 2 heterocycles. The number of hydrogen-bond donors (Lipinski definition) is 2.